The third-order valence-electron chi connectivity index (χ3n) is 4.50. The Labute approximate surface area is 150 Å². The molecule has 0 radical (unpaired) electrons. The van der Waals surface area contributed by atoms with Crippen LogP contribution in [0.3, 0.4) is 0 Å². The van der Waals surface area contributed by atoms with Gasteiger partial charge in [-0.2, -0.15) is 4.31 Å². The summed E-state index contributed by atoms with van der Waals surface area (Å²) in [7, 11) is -3.59. The molecule has 3 unspecified atom stereocenters. The number of amides is 1. The van der Waals surface area contributed by atoms with E-state index < -0.39 is 10.0 Å². The van der Waals surface area contributed by atoms with Gasteiger partial charge >= 0.3 is 0 Å². The van der Waals surface area contributed by atoms with Gasteiger partial charge in [-0.15, -0.1) is 0 Å². The van der Waals surface area contributed by atoms with Crippen LogP contribution in [0.5, 0.6) is 0 Å². The number of ether oxygens (including phenoxy) is 1. The monoisotopic (exact) mass is 368 g/mol. The average molecular weight is 368 g/mol. The molecule has 1 aromatic rings. The van der Waals surface area contributed by atoms with Crippen molar-refractivity contribution >= 4 is 15.9 Å². The molecular formula is C18H28N2O4S. The van der Waals surface area contributed by atoms with Crippen LogP contribution in [0.4, 0.5) is 0 Å². The lowest BCUT2D eigenvalue weighted by Crippen LogP contribution is -2.48. The number of hydrogen-bond donors (Lipinski definition) is 1. The van der Waals surface area contributed by atoms with E-state index in [-0.39, 0.29) is 29.1 Å². The predicted molar refractivity (Wildman–Crippen MR) is 97.0 cm³/mol. The Morgan fingerprint density at radius 2 is 1.64 bits per heavy atom. The van der Waals surface area contributed by atoms with Crippen molar-refractivity contribution < 1.29 is 17.9 Å². The van der Waals surface area contributed by atoms with Crippen LogP contribution in [0, 0.1) is 5.92 Å². The van der Waals surface area contributed by atoms with Crippen molar-refractivity contribution in [3.05, 3.63) is 29.8 Å². The maximum Gasteiger partial charge on any atom is 0.251 e. The summed E-state index contributed by atoms with van der Waals surface area (Å²) in [5.41, 5.74) is 0.454. The first kappa shape index (κ1) is 19.9. The highest BCUT2D eigenvalue weighted by Gasteiger charge is 2.32. The molecule has 140 valence electrons. The third kappa shape index (κ3) is 4.80. The predicted octanol–water partition coefficient (Wildman–Crippen LogP) is 2.26. The molecule has 0 bridgehead atoms. The van der Waals surface area contributed by atoms with Gasteiger partial charge in [0.2, 0.25) is 10.0 Å². The van der Waals surface area contributed by atoms with E-state index >= 15 is 0 Å². The van der Waals surface area contributed by atoms with Crippen LogP contribution in [0.1, 0.15) is 45.0 Å². The second-order valence-electron chi connectivity index (χ2n) is 7.11. The fourth-order valence-corrected chi connectivity index (χ4v) is 4.30. The number of carbonyl (C=O) groups excluding carboxylic acids is 1. The summed E-state index contributed by atoms with van der Waals surface area (Å²) in [6.45, 7) is 10.4. The van der Waals surface area contributed by atoms with Gasteiger partial charge in [-0.25, -0.2) is 8.42 Å². The van der Waals surface area contributed by atoms with Gasteiger partial charge in [0.15, 0.2) is 0 Å². The third-order valence-corrected chi connectivity index (χ3v) is 6.35. The summed E-state index contributed by atoms with van der Waals surface area (Å²) in [5, 5.41) is 2.91. The molecule has 0 aliphatic carbocycles. The summed E-state index contributed by atoms with van der Waals surface area (Å²) in [5.74, 6) is 0.132. The highest BCUT2D eigenvalue weighted by molar-refractivity contribution is 7.89. The molecule has 1 saturated heterocycles. The SMILES string of the molecule is CC1CN(S(=O)(=O)c2ccc(C(=O)NC(C)C(C)C)cc2)CC(C)O1. The molecule has 0 aromatic heterocycles. The number of hydrogen-bond acceptors (Lipinski definition) is 4. The molecule has 6 nitrogen and oxygen atoms in total. The molecule has 0 saturated carbocycles. The first-order valence-corrected chi connectivity index (χ1v) is 10.1. The Bertz CT molecular complexity index is 690. The standard InChI is InChI=1S/C18H28N2O4S/c1-12(2)15(5)19-18(21)16-6-8-17(9-7-16)25(22,23)20-10-13(3)24-14(4)11-20/h6-9,12-15H,10-11H2,1-5H3,(H,19,21). The van der Waals surface area contributed by atoms with Crippen molar-refractivity contribution in [2.75, 3.05) is 13.1 Å². The van der Waals surface area contributed by atoms with E-state index in [1.807, 2.05) is 34.6 Å². The van der Waals surface area contributed by atoms with Crippen molar-refractivity contribution in [2.24, 2.45) is 5.92 Å². The summed E-state index contributed by atoms with van der Waals surface area (Å²) in [6, 6.07) is 6.15. The smallest absolute Gasteiger partial charge is 0.251 e. The minimum absolute atomic E-state index is 0.0484. The molecule has 1 heterocycles. The maximum atomic E-state index is 12.8. The molecule has 1 aromatic carbocycles. The summed E-state index contributed by atoms with van der Waals surface area (Å²) < 4.78 is 32.6. The minimum Gasteiger partial charge on any atom is -0.373 e. The van der Waals surface area contributed by atoms with E-state index in [9.17, 15) is 13.2 Å². The zero-order chi connectivity index (χ0) is 18.8. The van der Waals surface area contributed by atoms with Crippen molar-refractivity contribution in [2.45, 2.75) is 57.8 Å². The Balaban J connectivity index is 2.14. The van der Waals surface area contributed by atoms with E-state index in [0.717, 1.165) is 0 Å². The highest BCUT2D eigenvalue weighted by atomic mass is 32.2. The van der Waals surface area contributed by atoms with Gasteiger partial charge in [0.05, 0.1) is 17.1 Å². The van der Waals surface area contributed by atoms with Gasteiger partial charge in [0.25, 0.3) is 5.91 Å². The largest absolute Gasteiger partial charge is 0.373 e. The first-order chi connectivity index (χ1) is 11.6. The van der Waals surface area contributed by atoms with Crippen LogP contribution in [-0.4, -0.2) is 50.0 Å². The van der Waals surface area contributed by atoms with E-state index in [2.05, 4.69) is 5.32 Å². The molecule has 1 aliphatic heterocycles. The molecular weight excluding hydrogens is 340 g/mol. The molecule has 1 N–H and O–H groups in total. The van der Waals surface area contributed by atoms with E-state index in [0.29, 0.717) is 24.6 Å². The molecule has 1 aliphatic rings. The zero-order valence-electron chi connectivity index (χ0n) is 15.5. The van der Waals surface area contributed by atoms with Crippen molar-refractivity contribution in [3.63, 3.8) is 0 Å². The van der Waals surface area contributed by atoms with Gasteiger partial charge in [-0.05, 0) is 51.0 Å². The Morgan fingerprint density at radius 3 is 2.12 bits per heavy atom. The van der Waals surface area contributed by atoms with Crippen LogP contribution in [0.25, 0.3) is 0 Å². The van der Waals surface area contributed by atoms with Crippen molar-refractivity contribution in [1.82, 2.24) is 9.62 Å². The molecule has 25 heavy (non-hydrogen) atoms. The van der Waals surface area contributed by atoms with Crippen molar-refractivity contribution in [1.29, 1.82) is 0 Å². The maximum absolute atomic E-state index is 12.8. The zero-order valence-corrected chi connectivity index (χ0v) is 16.3. The molecule has 1 fully saturated rings. The highest BCUT2D eigenvalue weighted by Crippen LogP contribution is 2.21. The summed E-state index contributed by atoms with van der Waals surface area (Å²) in [6.07, 6.45) is -0.276. The Hall–Kier alpha value is -1.44. The number of nitrogens with one attached hydrogen (secondary N) is 1. The lowest BCUT2D eigenvalue weighted by atomic mass is 10.1. The van der Waals surface area contributed by atoms with Crippen LogP contribution in [0.2, 0.25) is 0 Å². The van der Waals surface area contributed by atoms with Gasteiger partial charge in [-0.3, -0.25) is 4.79 Å². The average Bonchev–Trinajstić information content (AvgIpc) is 2.53. The van der Waals surface area contributed by atoms with Crippen LogP contribution >= 0.6 is 0 Å². The van der Waals surface area contributed by atoms with E-state index in [4.69, 9.17) is 4.74 Å². The number of sulfonamides is 1. The number of rotatable bonds is 5. The molecule has 0 spiro atoms. The number of carbonyl (C=O) groups is 1. The van der Waals surface area contributed by atoms with Gasteiger partial charge < -0.3 is 10.1 Å². The second kappa shape index (κ2) is 7.85. The Morgan fingerprint density at radius 1 is 1.12 bits per heavy atom. The summed E-state index contributed by atoms with van der Waals surface area (Å²) in [4.78, 5) is 12.4. The molecule has 2 rings (SSSR count). The van der Waals surface area contributed by atoms with Gasteiger partial charge in [0, 0.05) is 24.7 Å². The lowest BCUT2D eigenvalue weighted by Gasteiger charge is -2.34. The number of nitrogens with zero attached hydrogens (tertiary/aromatic N) is 1. The topological polar surface area (TPSA) is 75.7 Å². The number of benzene rings is 1. The van der Waals surface area contributed by atoms with Gasteiger partial charge in [0.1, 0.15) is 0 Å². The first-order valence-electron chi connectivity index (χ1n) is 8.67. The second-order valence-corrected chi connectivity index (χ2v) is 9.05. The normalized spacial score (nSPS) is 23.4. The Kier molecular flexibility index (Phi) is 6.24. The van der Waals surface area contributed by atoms with Crippen LogP contribution in [0.15, 0.2) is 29.2 Å². The molecule has 7 heteroatoms. The quantitative estimate of drug-likeness (QED) is 0.865. The molecule has 3 atom stereocenters. The minimum atomic E-state index is -3.59. The van der Waals surface area contributed by atoms with Crippen LogP contribution in [-0.2, 0) is 14.8 Å². The van der Waals surface area contributed by atoms with Gasteiger partial charge in [-0.1, -0.05) is 13.8 Å². The lowest BCUT2D eigenvalue weighted by molar-refractivity contribution is -0.0440. The van der Waals surface area contributed by atoms with E-state index in [1.165, 1.54) is 16.4 Å². The van der Waals surface area contributed by atoms with Crippen molar-refractivity contribution in [3.8, 4) is 0 Å². The molecule has 1 amide bonds. The number of morpholine rings is 1. The van der Waals surface area contributed by atoms with Crippen LogP contribution < -0.4 is 5.32 Å². The fraction of sp³-hybridized carbons (Fsp3) is 0.611. The fourth-order valence-electron chi connectivity index (χ4n) is 2.71. The van der Waals surface area contributed by atoms with E-state index in [1.54, 1.807) is 12.1 Å². The summed E-state index contributed by atoms with van der Waals surface area (Å²) >= 11 is 0.